The zero-order chi connectivity index (χ0) is 13.3. The minimum Gasteiger partial charge on any atom is -0.376 e. The average molecular weight is 291 g/mol. The summed E-state index contributed by atoms with van der Waals surface area (Å²) in [6.07, 6.45) is 0.460. The molecule has 1 aliphatic heterocycles. The molecule has 8 heteroatoms. The van der Waals surface area contributed by atoms with Crippen molar-refractivity contribution in [1.29, 1.82) is 0 Å². The number of hydrogen-bond acceptors (Lipinski definition) is 5. The van der Waals surface area contributed by atoms with Crippen LogP contribution in [-0.2, 0) is 9.84 Å². The first kappa shape index (κ1) is 13.1. The summed E-state index contributed by atoms with van der Waals surface area (Å²) < 4.78 is 22.6. The molecule has 1 N–H and O–H groups in total. The number of hydrogen-bond donors (Lipinski definition) is 1. The summed E-state index contributed by atoms with van der Waals surface area (Å²) in [5, 5.41) is 14.0. The molecule has 18 heavy (non-hydrogen) atoms. The van der Waals surface area contributed by atoms with E-state index in [9.17, 15) is 18.5 Å². The van der Waals surface area contributed by atoms with Gasteiger partial charge in [-0.05, 0) is 18.6 Å². The topological polar surface area (TPSA) is 89.3 Å². The molecule has 1 aromatic carbocycles. The van der Waals surface area contributed by atoms with Gasteiger partial charge in [-0.2, -0.15) is 0 Å². The van der Waals surface area contributed by atoms with E-state index in [1.165, 1.54) is 18.2 Å². The summed E-state index contributed by atoms with van der Waals surface area (Å²) in [5.41, 5.74) is 0.151. The van der Waals surface area contributed by atoms with Crippen molar-refractivity contribution >= 4 is 32.8 Å². The number of nitro groups is 1. The molecular formula is C10H11ClN2O4S. The highest BCUT2D eigenvalue weighted by Crippen LogP contribution is 2.29. The lowest BCUT2D eigenvalue weighted by Gasteiger charge is -2.12. The molecule has 0 amide bonds. The van der Waals surface area contributed by atoms with Crippen molar-refractivity contribution in [3.05, 3.63) is 33.3 Å². The van der Waals surface area contributed by atoms with Gasteiger partial charge in [-0.25, -0.2) is 8.42 Å². The Morgan fingerprint density at radius 1 is 1.44 bits per heavy atom. The Balaban J connectivity index is 2.22. The van der Waals surface area contributed by atoms with Gasteiger partial charge in [0.2, 0.25) is 0 Å². The fourth-order valence-corrected chi connectivity index (χ4v) is 3.75. The number of nitrogens with zero attached hydrogens (tertiary/aromatic N) is 1. The minimum absolute atomic E-state index is 0.00673. The highest BCUT2D eigenvalue weighted by Gasteiger charge is 2.29. The summed E-state index contributed by atoms with van der Waals surface area (Å²) in [6, 6.07) is 3.98. The highest BCUT2D eigenvalue weighted by atomic mass is 35.5. The number of halogens is 1. The molecule has 1 heterocycles. The first-order valence-electron chi connectivity index (χ1n) is 5.28. The van der Waals surface area contributed by atoms with E-state index in [0.29, 0.717) is 12.1 Å². The summed E-state index contributed by atoms with van der Waals surface area (Å²) in [5.74, 6) is 0.124. The standard InChI is InChI=1S/C10H11ClN2O4S/c11-7-1-2-9(10(5-7)13(14)15)12-8-3-4-18(16,17)6-8/h1-2,5,8,12H,3-4,6H2/t8-/m0/s1. The molecule has 1 aliphatic rings. The summed E-state index contributed by atoms with van der Waals surface area (Å²) in [6.45, 7) is 0. The van der Waals surface area contributed by atoms with E-state index in [-0.39, 0.29) is 28.3 Å². The first-order valence-corrected chi connectivity index (χ1v) is 7.48. The van der Waals surface area contributed by atoms with Gasteiger partial charge >= 0.3 is 0 Å². The Labute approximate surface area is 109 Å². The van der Waals surface area contributed by atoms with Crippen LogP contribution in [0.1, 0.15) is 6.42 Å². The van der Waals surface area contributed by atoms with Gasteiger partial charge in [-0.3, -0.25) is 10.1 Å². The Bertz CT molecular complexity index is 588. The summed E-state index contributed by atoms with van der Waals surface area (Å²) >= 11 is 5.69. The van der Waals surface area contributed by atoms with Gasteiger partial charge in [0, 0.05) is 17.1 Å². The van der Waals surface area contributed by atoms with Gasteiger partial charge in [0.1, 0.15) is 5.69 Å². The summed E-state index contributed by atoms with van der Waals surface area (Å²) in [4.78, 5) is 10.3. The van der Waals surface area contributed by atoms with E-state index in [2.05, 4.69) is 5.32 Å². The van der Waals surface area contributed by atoms with E-state index in [4.69, 9.17) is 11.6 Å². The number of nitrogens with one attached hydrogen (secondary N) is 1. The molecular weight excluding hydrogens is 280 g/mol. The molecule has 0 aromatic heterocycles. The van der Waals surface area contributed by atoms with E-state index in [1.54, 1.807) is 0 Å². The van der Waals surface area contributed by atoms with Gasteiger partial charge in [0.15, 0.2) is 9.84 Å². The monoisotopic (exact) mass is 290 g/mol. The maximum Gasteiger partial charge on any atom is 0.293 e. The Morgan fingerprint density at radius 2 is 2.17 bits per heavy atom. The second-order valence-corrected chi connectivity index (χ2v) is 6.83. The van der Waals surface area contributed by atoms with Gasteiger partial charge in [-0.1, -0.05) is 11.6 Å². The van der Waals surface area contributed by atoms with Crippen LogP contribution in [0.15, 0.2) is 18.2 Å². The van der Waals surface area contributed by atoms with Crippen molar-refractivity contribution in [1.82, 2.24) is 0 Å². The van der Waals surface area contributed by atoms with Crippen LogP contribution in [0, 0.1) is 10.1 Å². The number of sulfone groups is 1. The van der Waals surface area contributed by atoms with E-state index in [0.717, 1.165) is 0 Å². The molecule has 1 aromatic rings. The van der Waals surface area contributed by atoms with Crippen LogP contribution < -0.4 is 5.32 Å². The van der Waals surface area contributed by atoms with Gasteiger partial charge in [-0.15, -0.1) is 0 Å². The second kappa shape index (κ2) is 4.74. The number of benzene rings is 1. The third-order valence-electron chi connectivity index (χ3n) is 2.75. The zero-order valence-corrected chi connectivity index (χ0v) is 10.9. The fraction of sp³-hybridized carbons (Fsp3) is 0.400. The summed E-state index contributed by atoms with van der Waals surface area (Å²) in [7, 11) is -3.02. The van der Waals surface area contributed by atoms with Gasteiger partial charge in [0.05, 0.1) is 16.4 Å². The van der Waals surface area contributed by atoms with Crippen LogP contribution >= 0.6 is 11.6 Å². The zero-order valence-electron chi connectivity index (χ0n) is 9.30. The van der Waals surface area contributed by atoms with Crippen LogP contribution in [0.3, 0.4) is 0 Å². The lowest BCUT2D eigenvalue weighted by Crippen LogP contribution is -2.21. The highest BCUT2D eigenvalue weighted by molar-refractivity contribution is 7.91. The molecule has 0 bridgehead atoms. The average Bonchev–Trinajstić information content (AvgIpc) is 2.60. The van der Waals surface area contributed by atoms with Gasteiger partial charge in [0.25, 0.3) is 5.69 Å². The molecule has 0 spiro atoms. The Morgan fingerprint density at radius 3 is 2.72 bits per heavy atom. The van der Waals surface area contributed by atoms with Crippen LogP contribution in [0.25, 0.3) is 0 Å². The predicted octanol–water partition coefficient (Wildman–Crippen LogP) is 1.85. The molecule has 6 nitrogen and oxygen atoms in total. The molecule has 1 saturated heterocycles. The molecule has 2 rings (SSSR count). The SMILES string of the molecule is O=[N+]([O-])c1cc(Cl)ccc1N[C@H]1CCS(=O)(=O)C1. The van der Waals surface area contributed by atoms with Crippen molar-refractivity contribution in [3.63, 3.8) is 0 Å². The second-order valence-electron chi connectivity index (χ2n) is 4.16. The van der Waals surface area contributed by atoms with Crippen LogP contribution in [0.5, 0.6) is 0 Å². The Kier molecular flexibility index (Phi) is 3.45. The van der Waals surface area contributed by atoms with E-state index in [1.807, 2.05) is 0 Å². The van der Waals surface area contributed by atoms with Crippen LogP contribution in [-0.4, -0.2) is 30.9 Å². The van der Waals surface area contributed by atoms with Gasteiger partial charge < -0.3 is 5.32 Å². The first-order chi connectivity index (χ1) is 8.37. The molecule has 0 unspecified atom stereocenters. The normalized spacial score (nSPS) is 21.7. The quantitative estimate of drug-likeness (QED) is 0.678. The molecule has 1 atom stereocenters. The number of nitro benzene ring substituents is 1. The van der Waals surface area contributed by atoms with Crippen LogP contribution in [0.4, 0.5) is 11.4 Å². The molecule has 1 fully saturated rings. The molecule has 0 aliphatic carbocycles. The predicted molar refractivity (Wildman–Crippen MR) is 68.8 cm³/mol. The molecule has 0 saturated carbocycles. The van der Waals surface area contributed by atoms with E-state index < -0.39 is 14.8 Å². The van der Waals surface area contributed by atoms with Crippen molar-refractivity contribution in [3.8, 4) is 0 Å². The van der Waals surface area contributed by atoms with Crippen molar-refractivity contribution in [2.24, 2.45) is 0 Å². The fourth-order valence-electron chi connectivity index (χ4n) is 1.91. The maximum absolute atomic E-state index is 11.3. The lowest BCUT2D eigenvalue weighted by atomic mass is 10.2. The number of anilines is 1. The van der Waals surface area contributed by atoms with Crippen molar-refractivity contribution in [2.75, 3.05) is 16.8 Å². The lowest BCUT2D eigenvalue weighted by molar-refractivity contribution is -0.384. The largest absolute Gasteiger partial charge is 0.376 e. The van der Waals surface area contributed by atoms with Crippen LogP contribution in [0.2, 0.25) is 5.02 Å². The molecule has 98 valence electrons. The maximum atomic E-state index is 11.3. The molecule has 0 radical (unpaired) electrons. The number of rotatable bonds is 3. The Hall–Kier alpha value is -1.34. The smallest absolute Gasteiger partial charge is 0.293 e. The third kappa shape index (κ3) is 2.91. The van der Waals surface area contributed by atoms with Crippen molar-refractivity contribution in [2.45, 2.75) is 12.5 Å². The third-order valence-corrected chi connectivity index (χ3v) is 4.75. The minimum atomic E-state index is -3.02. The van der Waals surface area contributed by atoms with E-state index >= 15 is 0 Å². The van der Waals surface area contributed by atoms with Crippen molar-refractivity contribution < 1.29 is 13.3 Å².